The Bertz CT molecular complexity index is 1580. The first kappa shape index (κ1) is 22.2. The van der Waals surface area contributed by atoms with Gasteiger partial charge in [-0.05, 0) is 60.9 Å². The smallest absolute Gasteiger partial charge is 0.301 e. The zero-order valence-electron chi connectivity index (χ0n) is 19.5. The standard InChI is InChI=1S/C27H21N3O5S/c1-14-10-15(2)22-20(11-14)36-27(29-22)30-23(17-4-3-7-28-13-17)21(25(32)26(30)33)24(31)16-5-6-18-19(12-16)35-9-8-34-18/h3-7,10-13,23,31H,8-9H2,1-2H3/b24-21+/t23-/m0/s1. The molecule has 0 unspecified atom stereocenters. The van der Waals surface area contributed by atoms with Crippen molar-refractivity contribution in [3.63, 3.8) is 0 Å². The summed E-state index contributed by atoms with van der Waals surface area (Å²) < 4.78 is 12.1. The predicted molar refractivity (Wildman–Crippen MR) is 136 cm³/mol. The summed E-state index contributed by atoms with van der Waals surface area (Å²) in [5.41, 5.74) is 3.75. The molecule has 2 aromatic carbocycles. The van der Waals surface area contributed by atoms with Gasteiger partial charge in [-0.15, -0.1) is 0 Å². The topological polar surface area (TPSA) is 102 Å². The van der Waals surface area contributed by atoms with E-state index in [1.165, 1.54) is 16.2 Å². The van der Waals surface area contributed by atoms with Gasteiger partial charge in [-0.2, -0.15) is 0 Å². The lowest BCUT2D eigenvalue weighted by molar-refractivity contribution is -0.132. The molecule has 2 aliphatic heterocycles. The number of anilines is 1. The van der Waals surface area contributed by atoms with Crippen LogP contribution in [0, 0.1) is 13.8 Å². The zero-order valence-corrected chi connectivity index (χ0v) is 20.3. The minimum Gasteiger partial charge on any atom is -0.507 e. The van der Waals surface area contributed by atoms with Crippen LogP contribution in [0.15, 0.2) is 60.4 Å². The van der Waals surface area contributed by atoms with E-state index >= 15 is 0 Å². The Morgan fingerprint density at radius 1 is 1.08 bits per heavy atom. The maximum atomic E-state index is 13.4. The third-order valence-electron chi connectivity index (χ3n) is 6.28. The Hall–Kier alpha value is -4.24. The number of carbonyl (C=O) groups is 2. The molecule has 0 bridgehead atoms. The van der Waals surface area contributed by atoms with E-state index in [9.17, 15) is 14.7 Å². The minimum absolute atomic E-state index is 0.0307. The number of rotatable bonds is 3. The summed E-state index contributed by atoms with van der Waals surface area (Å²) in [5.74, 6) is -0.814. The number of pyridine rings is 1. The molecule has 6 rings (SSSR count). The fraction of sp³-hybridized carbons (Fsp3) is 0.185. The fourth-order valence-electron chi connectivity index (χ4n) is 4.69. The maximum absolute atomic E-state index is 13.4. The SMILES string of the molecule is Cc1cc(C)c2nc(N3C(=O)C(=O)/C(=C(/O)c4ccc5c(c4)OCCO5)[C@@H]3c3cccnc3)sc2c1. The zero-order chi connectivity index (χ0) is 25.0. The lowest BCUT2D eigenvalue weighted by Crippen LogP contribution is -2.29. The average molecular weight is 500 g/mol. The van der Waals surface area contributed by atoms with Crippen molar-refractivity contribution >= 4 is 44.1 Å². The molecule has 9 heteroatoms. The van der Waals surface area contributed by atoms with Crippen LogP contribution in [0.25, 0.3) is 16.0 Å². The molecule has 4 aromatic rings. The molecule has 0 aliphatic carbocycles. The van der Waals surface area contributed by atoms with E-state index in [-0.39, 0.29) is 11.3 Å². The molecule has 2 aromatic heterocycles. The number of nitrogens with zero attached hydrogens (tertiary/aromatic N) is 3. The van der Waals surface area contributed by atoms with Gasteiger partial charge in [-0.3, -0.25) is 19.5 Å². The second kappa shape index (κ2) is 8.46. The number of thiazole rings is 1. The number of amides is 1. The van der Waals surface area contributed by atoms with Crippen molar-refractivity contribution in [2.75, 3.05) is 18.1 Å². The van der Waals surface area contributed by atoms with Gasteiger partial charge in [0.1, 0.15) is 19.0 Å². The molecule has 0 saturated carbocycles. The molecular formula is C27H21N3O5S. The number of benzene rings is 2. The second-order valence-electron chi connectivity index (χ2n) is 8.74. The van der Waals surface area contributed by atoms with E-state index in [4.69, 9.17) is 14.5 Å². The number of carbonyl (C=O) groups excluding carboxylic acids is 2. The quantitative estimate of drug-likeness (QED) is 0.248. The molecule has 1 amide bonds. The van der Waals surface area contributed by atoms with E-state index in [1.54, 1.807) is 42.7 Å². The van der Waals surface area contributed by atoms with Gasteiger partial charge in [0.05, 0.1) is 21.8 Å². The van der Waals surface area contributed by atoms with Crippen molar-refractivity contribution in [3.8, 4) is 11.5 Å². The van der Waals surface area contributed by atoms with Crippen molar-refractivity contribution in [2.24, 2.45) is 0 Å². The highest BCUT2D eigenvalue weighted by Gasteiger charge is 2.48. The highest BCUT2D eigenvalue weighted by molar-refractivity contribution is 7.22. The molecule has 180 valence electrons. The summed E-state index contributed by atoms with van der Waals surface area (Å²) in [6.07, 6.45) is 3.20. The lowest BCUT2D eigenvalue weighted by atomic mass is 9.96. The van der Waals surface area contributed by atoms with Gasteiger partial charge in [0.25, 0.3) is 5.78 Å². The molecule has 36 heavy (non-hydrogen) atoms. The van der Waals surface area contributed by atoms with Crippen LogP contribution >= 0.6 is 11.3 Å². The van der Waals surface area contributed by atoms with Gasteiger partial charge < -0.3 is 14.6 Å². The van der Waals surface area contributed by atoms with Gasteiger partial charge in [-0.25, -0.2) is 4.98 Å². The number of hydrogen-bond acceptors (Lipinski definition) is 8. The largest absolute Gasteiger partial charge is 0.507 e. The molecule has 1 N–H and O–H groups in total. The third kappa shape index (κ3) is 3.51. The molecule has 4 heterocycles. The number of ether oxygens (including phenoxy) is 2. The number of aliphatic hydroxyl groups excluding tert-OH is 1. The van der Waals surface area contributed by atoms with Crippen LogP contribution in [0.2, 0.25) is 0 Å². The average Bonchev–Trinajstić information content (AvgIpc) is 3.42. The van der Waals surface area contributed by atoms with E-state index < -0.39 is 17.7 Å². The van der Waals surface area contributed by atoms with Gasteiger partial charge >= 0.3 is 5.91 Å². The fourth-order valence-corrected chi connectivity index (χ4v) is 5.86. The normalized spacial score (nSPS) is 18.7. The molecular weight excluding hydrogens is 478 g/mol. The summed E-state index contributed by atoms with van der Waals surface area (Å²) in [6, 6.07) is 11.6. The van der Waals surface area contributed by atoms with Crippen LogP contribution < -0.4 is 14.4 Å². The number of Topliss-reactive ketones (excluding diaryl/α,β-unsaturated/α-hetero) is 1. The Morgan fingerprint density at radius 3 is 2.67 bits per heavy atom. The number of fused-ring (bicyclic) bond motifs is 2. The lowest BCUT2D eigenvalue weighted by Gasteiger charge is -2.23. The van der Waals surface area contributed by atoms with E-state index in [0.717, 1.165) is 21.3 Å². The van der Waals surface area contributed by atoms with Crippen LogP contribution in [0.4, 0.5) is 5.13 Å². The Labute approximate surface area is 210 Å². The first-order chi connectivity index (χ1) is 17.4. The Balaban J connectivity index is 1.54. The van der Waals surface area contributed by atoms with Crippen molar-refractivity contribution in [1.29, 1.82) is 0 Å². The first-order valence-electron chi connectivity index (χ1n) is 11.4. The number of aryl methyl sites for hydroxylation is 2. The van der Waals surface area contributed by atoms with Crippen LogP contribution in [0.1, 0.15) is 28.3 Å². The number of ketones is 1. The molecule has 8 nitrogen and oxygen atoms in total. The van der Waals surface area contributed by atoms with Crippen LogP contribution in [0.5, 0.6) is 11.5 Å². The van der Waals surface area contributed by atoms with E-state index in [0.29, 0.717) is 41.0 Å². The molecule has 2 aliphatic rings. The first-order valence-corrected chi connectivity index (χ1v) is 12.2. The Morgan fingerprint density at radius 2 is 1.89 bits per heavy atom. The maximum Gasteiger partial charge on any atom is 0.301 e. The molecule has 1 fully saturated rings. The van der Waals surface area contributed by atoms with Gasteiger partial charge in [-0.1, -0.05) is 23.5 Å². The van der Waals surface area contributed by atoms with Crippen molar-refractivity contribution in [1.82, 2.24) is 9.97 Å². The molecule has 0 radical (unpaired) electrons. The van der Waals surface area contributed by atoms with Crippen LogP contribution in [0.3, 0.4) is 0 Å². The van der Waals surface area contributed by atoms with E-state index in [1.807, 2.05) is 26.0 Å². The number of aromatic nitrogens is 2. The van der Waals surface area contributed by atoms with Crippen molar-refractivity contribution < 1.29 is 24.2 Å². The highest BCUT2D eigenvalue weighted by atomic mass is 32.1. The number of hydrogen-bond donors (Lipinski definition) is 1. The van der Waals surface area contributed by atoms with Crippen LogP contribution in [-0.2, 0) is 9.59 Å². The second-order valence-corrected chi connectivity index (χ2v) is 9.75. The van der Waals surface area contributed by atoms with Gasteiger partial charge in [0.2, 0.25) is 0 Å². The number of aliphatic hydroxyl groups is 1. The monoisotopic (exact) mass is 499 g/mol. The molecule has 1 atom stereocenters. The van der Waals surface area contributed by atoms with Crippen molar-refractivity contribution in [2.45, 2.75) is 19.9 Å². The van der Waals surface area contributed by atoms with Gasteiger partial charge in [0, 0.05) is 18.0 Å². The highest BCUT2D eigenvalue weighted by Crippen LogP contribution is 2.45. The molecule has 0 spiro atoms. The predicted octanol–water partition coefficient (Wildman–Crippen LogP) is 4.71. The summed E-state index contributed by atoms with van der Waals surface area (Å²) in [5, 5.41) is 11.8. The summed E-state index contributed by atoms with van der Waals surface area (Å²) in [6.45, 7) is 4.79. The minimum atomic E-state index is -0.895. The Kier molecular flexibility index (Phi) is 5.22. The van der Waals surface area contributed by atoms with Crippen LogP contribution in [-0.4, -0.2) is 40.0 Å². The third-order valence-corrected chi connectivity index (χ3v) is 7.29. The summed E-state index contributed by atoms with van der Waals surface area (Å²) >= 11 is 1.34. The molecule has 1 saturated heterocycles. The van der Waals surface area contributed by atoms with Gasteiger partial charge in [0.15, 0.2) is 16.6 Å². The van der Waals surface area contributed by atoms with E-state index in [2.05, 4.69) is 4.98 Å². The summed E-state index contributed by atoms with van der Waals surface area (Å²) in [4.78, 5) is 37.1. The summed E-state index contributed by atoms with van der Waals surface area (Å²) in [7, 11) is 0. The van der Waals surface area contributed by atoms with Crippen molar-refractivity contribution in [3.05, 3.63) is 82.7 Å².